The molecule has 3 heterocycles. The Morgan fingerprint density at radius 2 is 1.81 bits per heavy atom. The minimum atomic E-state index is 0.761. The lowest BCUT2D eigenvalue weighted by atomic mass is 10.0. The lowest BCUT2D eigenvalue weighted by Crippen LogP contribution is -2.48. The Balaban J connectivity index is 1.60. The zero-order valence-corrected chi connectivity index (χ0v) is 13.6. The first kappa shape index (κ1) is 15.0. The summed E-state index contributed by atoms with van der Waals surface area (Å²) in [6, 6.07) is 0.761. The summed E-state index contributed by atoms with van der Waals surface area (Å²) in [4.78, 5) is 5.36. The molecule has 2 saturated heterocycles. The molecule has 1 atom stereocenters. The van der Waals surface area contributed by atoms with E-state index in [-0.39, 0.29) is 0 Å². The van der Waals surface area contributed by atoms with Gasteiger partial charge in [-0.1, -0.05) is 18.0 Å². The van der Waals surface area contributed by atoms with Gasteiger partial charge in [-0.05, 0) is 59.2 Å². The van der Waals surface area contributed by atoms with Crippen molar-refractivity contribution in [2.75, 3.05) is 26.2 Å². The first-order chi connectivity index (χ1) is 10.2. The zero-order chi connectivity index (χ0) is 14.7. The molecule has 0 aliphatic carbocycles. The molecule has 3 rings (SSSR count). The van der Waals surface area contributed by atoms with Crippen LogP contribution in [0.5, 0.6) is 0 Å². The fraction of sp³-hybridized carbons (Fsp3) is 0.824. The van der Waals surface area contributed by atoms with Gasteiger partial charge in [-0.3, -0.25) is 9.80 Å². The fourth-order valence-corrected chi connectivity index (χ4v) is 3.88. The maximum Gasteiger partial charge on any atom is 0.138 e. The maximum absolute atomic E-state index is 5.31. The Kier molecular flexibility index (Phi) is 4.96. The Labute approximate surface area is 128 Å². The first-order valence-electron chi connectivity index (χ1n) is 8.62. The predicted octanol–water partition coefficient (Wildman–Crippen LogP) is 3.13. The second-order valence-electron chi connectivity index (χ2n) is 6.78. The van der Waals surface area contributed by atoms with Crippen molar-refractivity contribution < 1.29 is 4.52 Å². The average Bonchev–Trinajstić information content (AvgIpc) is 2.74. The molecule has 0 bridgehead atoms. The molecule has 4 nitrogen and oxygen atoms in total. The topological polar surface area (TPSA) is 32.5 Å². The minimum Gasteiger partial charge on any atom is -0.361 e. The van der Waals surface area contributed by atoms with E-state index < -0.39 is 0 Å². The number of rotatable bonds is 3. The summed E-state index contributed by atoms with van der Waals surface area (Å²) in [6.45, 7) is 10.1. The maximum atomic E-state index is 5.31. The van der Waals surface area contributed by atoms with Crippen molar-refractivity contribution in [3.05, 3.63) is 17.0 Å². The molecule has 0 amide bonds. The SMILES string of the molecule is Cc1noc(C)c1CN1CCC[C@H](N2CCCCCC2)C1. The van der Waals surface area contributed by atoms with E-state index in [2.05, 4.69) is 21.9 Å². The molecule has 1 aromatic rings. The van der Waals surface area contributed by atoms with E-state index in [4.69, 9.17) is 4.52 Å². The molecule has 0 spiro atoms. The van der Waals surface area contributed by atoms with Crippen LogP contribution in [0, 0.1) is 13.8 Å². The molecular formula is C17H29N3O. The molecular weight excluding hydrogens is 262 g/mol. The number of likely N-dealkylation sites (tertiary alicyclic amines) is 2. The quantitative estimate of drug-likeness (QED) is 0.856. The Hall–Kier alpha value is -0.870. The van der Waals surface area contributed by atoms with Crippen LogP contribution in [0.1, 0.15) is 55.5 Å². The highest BCUT2D eigenvalue weighted by molar-refractivity contribution is 5.20. The van der Waals surface area contributed by atoms with E-state index in [1.54, 1.807) is 0 Å². The third-order valence-electron chi connectivity index (χ3n) is 5.20. The second-order valence-corrected chi connectivity index (χ2v) is 6.78. The van der Waals surface area contributed by atoms with Gasteiger partial charge in [0.25, 0.3) is 0 Å². The van der Waals surface area contributed by atoms with Crippen molar-refractivity contribution in [3.8, 4) is 0 Å². The molecule has 21 heavy (non-hydrogen) atoms. The Bertz CT molecular complexity index is 429. The third-order valence-corrected chi connectivity index (χ3v) is 5.20. The van der Waals surface area contributed by atoms with Crippen LogP contribution in [0.3, 0.4) is 0 Å². The molecule has 2 aliphatic heterocycles. The van der Waals surface area contributed by atoms with Gasteiger partial charge in [0.15, 0.2) is 0 Å². The van der Waals surface area contributed by atoms with Gasteiger partial charge in [0.05, 0.1) is 5.69 Å². The van der Waals surface area contributed by atoms with Crippen LogP contribution in [0.15, 0.2) is 4.52 Å². The van der Waals surface area contributed by atoms with Crippen molar-refractivity contribution in [2.24, 2.45) is 0 Å². The van der Waals surface area contributed by atoms with E-state index in [1.807, 2.05) is 6.92 Å². The van der Waals surface area contributed by atoms with Crippen molar-refractivity contribution in [2.45, 2.75) is 65.0 Å². The molecule has 0 N–H and O–H groups in total. The smallest absolute Gasteiger partial charge is 0.138 e. The van der Waals surface area contributed by atoms with Crippen LogP contribution in [0.25, 0.3) is 0 Å². The minimum absolute atomic E-state index is 0.761. The Morgan fingerprint density at radius 1 is 1.05 bits per heavy atom. The highest BCUT2D eigenvalue weighted by Crippen LogP contribution is 2.23. The number of aromatic nitrogens is 1. The monoisotopic (exact) mass is 291 g/mol. The lowest BCUT2D eigenvalue weighted by molar-refractivity contribution is 0.0952. The normalized spacial score (nSPS) is 25.9. The van der Waals surface area contributed by atoms with Gasteiger partial charge in [0, 0.05) is 24.7 Å². The highest BCUT2D eigenvalue weighted by atomic mass is 16.5. The molecule has 2 aliphatic rings. The van der Waals surface area contributed by atoms with Gasteiger partial charge in [0.2, 0.25) is 0 Å². The van der Waals surface area contributed by atoms with Crippen molar-refractivity contribution in [3.63, 3.8) is 0 Å². The van der Waals surface area contributed by atoms with Gasteiger partial charge in [-0.15, -0.1) is 0 Å². The Morgan fingerprint density at radius 3 is 2.48 bits per heavy atom. The standard InChI is InChI=1S/C17H29N3O/c1-14-17(15(2)21-18-14)13-19-9-7-8-16(12-19)20-10-5-3-4-6-11-20/h16H,3-13H2,1-2H3/t16-/m0/s1. The van der Waals surface area contributed by atoms with E-state index in [0.29, 0.717) is 0 Å². The number of aryl methyl sites for hydroxylation is 2. The molecule has 0 saturated carbocycles. The van der Waals surface area contributed by atoms with Crippen LogP contribution >= 0.6 is 0 Å². The van der Waals surface area contributed by atoms with Crippen LogP contribution in [-0.2, 0) is 6.54 Å². The summed E-state index contributed by atoms with van der Waals surface area (Å²) in [6.07, 6.45) is 8.32. The summed E-state index contributed by atoms with van der Waals surface area (Å²) in [7, 11) is 0. The van der Waals surface area contributed by atoms with E-state index in [0.717, 1.165) is 24.0 Å². The number of piperidine rings is 1. The summed E-state index contributed by atoms with van der Waals surface area (Å²) < 4.78 is 5.31. The molecule has 4 heteroatoms. The van der Waals surface area contributed by atoms with Gasteiger partial charge < -0.3 is 4.52 Å². The van der Waals surface area contributed by atoms with E-state index in [9.17, 15) is 0 Å². The molecule has 0 aromatic carbocycles. The van der Waals surface area contributed by atoms with Crippen LogP contribution in [0.2, 0.25) is 0 Å². The summed E-state index contributed by atoms with van der Waals surface area (Å²) >= 11 is 0. The second kappa shape index (κ2) is 6.93. The van der Waals surface area contributed by atoms with Crippen molar-refractivity contribution in [1.29, 1.82) is 0 Å². The number of hydrogen-bond donors (Lipinski definition) is 0. The molecule has 0 unspecified atom stereocenters. The zero-order valence-electron chi connectivity index (χ0n) is 13.6. The number of hydrogen-bond acceptors (Lipinski definition) is 4. The first-order valence-corrected chi connectivity index (χ1v) is 8.62. The van der Waals surface area contributed by atoms with Crippen molar-refractivity contribution in [1.82, 2.24) is 15.0 Å². The summed E-state index contributed by atoms with van der Waals surface area (Å²) in [5.74, 6) is 0.990. The third kappa shape index (κ3) is 3.67. The summed E-state index contributed by atoms with van der Waals surface area (Å²) in [5, 5.41) is 4.09. The predicted molar refractivity (Wildman–Crippen MR) is 84.3 cm³/mol. The van der Waals surface area contributed by atoms with Crippen LogP contribution in [-0.4, -0.2) is 47.2 Å². The van der Waals surface area contributed by atoms with Crippen molar-refractivity contribution >= 4 is 0 Å². The molecule has 1 aromatic heterocycles. The molecule has 118 valence electrons. The highest BCUT2D eigenvalue weighted by Gasteiger charge is 2.26. The van der Waals surface area contributed by atoms with Gasteiger partial charge in [0.1, 0.15) is 5.76 Å². The van der Waals surface area contributed by atoms with Gasteiger partial charge >= 0.3 is 0 Å². The number of nitrogens with zero attached hydrogens (tertiary/aromatic N) is 3. The summed E-state index contributed by atoms with van der Waals surface area (Å²) in [5.41, 5.74) is 2.36. The van der Waals surface area contributed by atoms with E-state index in [1.165, 1.54) is 70.3 Å². The molecule has 0 radical (unpaired) electrons. The van der Waals surface area contributed by atoms with Crippen LogP contribution < -0.4 is 0 Å². The van der Waals surface area contributed by atoms with E-state index >= 15 is 0 Å². The van der Waals surface area contributed by atoms with Gasteiger partial charge in [-0.25, -0.2) is 0 Å². The van der Waals surface area contributed by atoms with Gasteiger partial charge in [-0.2, -0.15) is 0 Å². The largest absolute Gasteiger partial charge is 0.361 e. The average molecular weight is 291 g/mol. The van der Waals surface area contributed by atoms with Crippen LogP contribution in [0.4, 0.5) is 0 Å². The lowest BCUT2D eigenvalue weighted by Gasteiger charge is -2.39. The molecule has 2 fully saturated rings. The fourth-order valence-electron chi connectivity index (χ4n) is 3.88.